The maximum absolute atomic E-state index is 12.3. The third-order valence-electron chi connectivity index (χ3n) is 7.36. The highest BCUT2D eigenvalue weighted by molar-refractivity contribution is 7.89. The van der Waals surface area contributed by atoms with Gasteiger partial charge in [-0.3, -0.25) is 9.69 Å². The molecular weight excluding hydrogens is 583 g/mol. The summed E-state index contributed by atoms with van der Waals surface area (Å²) in [5.74, 6) is -2.88. The molecule has 0 atom stereocenters. The van der Waals surface area contributed by atoms with Crippen molar-refractivity contribution < 1.29 is 36.3 Å². The summed E-state index contributed by atoms with van der Waals surface area (Å²) in [5, 5.41) is 8.98. The zero-order valence-electron chi connectivity index (χ0n) is 22.4. The van der Waals surface area contributed by atoms with Crippen molar-refractivity contribution in [3.63, 3.8) is 0 Å². The van der Waals surface area contributed by atoms with Gasteiger partial charge in [-0.15, -0.1) is 11.3 Å². The van der Waals surface area contributed by atoms with Gasteiger partial charge < -0.3 is 15.8 Å². The minimum absolute atomic E-state index is 0.129. The number of carbonyl (C=O) groups is 2. The van der Waals surface area contributed by atoms with Gasteiger partial charge in [0, 0.05) is 47.9 Å². The molecule has 5 rings (SSSR count). The molecule has 4 heterocycles. The molecule has 4 N–H and O–H groups in total. The number of nitrogens with zero attached hydrogens (tertiary/aromatic N) is 3. The Morgan fingerprint density at radius 2 is 1.80 bits per heavy atom. The van der Waals surface area contributed by atoms with Crippen LogP contribution in [-0.2, 0) is 21.4 Å². The van der Waals surface area contributed by atoms with Crippen molar-refractivity contribution in [1.82, 2.24) is 19.2 Å². The van der Waals surface area contributed by atoms with E-state index in [1.165, 1.54) is 17.7 Å². The van der Waals surface area contributed by atoms with Gasteiger partial charge in [0.25, 0.3) is 5.91 Å². The predicted molar refractivity (Wildman–Crippen MR) is 149 cm³/mol. The van der Waals surface area contributed by atoms with Crippen molar-refractivity contribution >= 4 is 44.1 Å². The molecule has 2 saturated heterocycles. The smallest absolute Gasteiger partial charge is 0.475 e. The van der Waals surface area contributed by atoms with Crippen LogP contribution in [0.3, 0.4) is 0 Å². The third-order valence-corrected chi connectivity index (χ3v) is 10.3. The van der Waals surface area contributed by atoms with Crippen LogP contribution < -0.4 is 5.73 Å². The number of aromatic nitrogens is 2. The molecule has 224 valence electrons. The number of thiazole rings is 1. The van der Waals surface area contributed by atoms with E-state index in [9.17, 15) is 26.4 Å². The van der Waals surface area contributed by atoms with E-state index in [2.05, 4.69) is 20.9 Å². The lowest BCUT2D eigenvalue weighted by Gasteiger charge is -2.31. The SMILES string of the molecule is CCS(=O)(=O)N1CCC(c2c[nH]c3c(C(N)=O)cc(-c4ncc(CN5CCCC5)s4)cc23)CC1.O=C(O)C(F)(F)F. The van der Waals surface area contributed by atoms with Crippen LogP contribution in [0.2, 0.25) is 0 Å². The normalized spacial score (nSPS) is 17.5. The van der Waals surface area contributed by atoms with E-state index in [4.69, 9.17) is 15.6 Å². The number of H-pyrrole nitrogens is 1. The van der Waals surface area contributed by atoms with Crippen LogP contribution in [0.15, 0.2) is 24.5 Å². The van der Waals surface area contributed by atoms with Crippen LogP contribution in [0.5, 0.6) is 0 Å². The molecule has 2 aromatic heterocycles. The minimum atomic E-state index is -5.08. The van der Waals surface area contributed by atoms with Crippen LogP contribution >= 0.6 is 11.3 Å². The first-order valence-corrected chi connectivity index (χ1v) is 15.6. The second kappa shape index (κ2) is 12.5. The first-order chi connectivity index (χ1) is 19.3. The first-order valence-electron chi connectivity index (χ1n) is 13.2. The molecule has 0 bridgehead atoms. The van der Waals surface area contributed by atoms with Crippen molar-refractivity contribution in [2.24, 2.45) is 5.73 Å². The number of sulfonamides is 1. The summed E-state index contributed by atoms with van der Waals surface area (Å²) in [7, 11) is -3.17. The topological polar surface area (TPSA) is 150 Å². The zero-order chi connectivity index (χ0) is 29.9. The summed E-state index contributed by atoms with van der Waals surface area (Å²) in [4.78, 5) is 32.8. The van der Waals surface area contributed by atoms with Crippen LogP contribution in [-0.4, -0.2) is 82.7 Å². The summed E-state index contributed by atoms with van der Waals surface area (Å²) in [6, 6.07) is 3.93. The summed E-state index contributed by atoms with van der Waals surface area (Å²) < 4.78 is 57.8. The van der Waals surface area contributed by atoms with E-state index in [1.54, 1.807) is 22.6 Å². The highest BCUT2D eigenvalue weighted by atomic mass is 32.2. The zero-order valence-corrected chi connectivity index (χ0v) is 24.0. The van der Waals surface area contributed by atoms with E-state index in [0.717, 1.165) is 59.5 Å². The van der Waals surface area contributed by atoms with Crippen LogP contribution in [0.25, 0.3) is 21.5 Å². The number of amides is 1. The number of primary amides is 1. The third kappa shape index (κ3) is 7.26. The van der Waals surface area contributed by atoms with E-state index >= 15 is 0 Å². The molecule has 1 aromatic carbocycles. The first kappa shape index (κ1) is 30.9. The van der Waals surface area contributed by atoms with Crippen LogP contribution in [0, 0.1) is 0 Å². The number of aliphatic carboxylic acids is 1. The number of benzene rings is 1. The summed E-state index contributed by atoms with van der Waals surface area (Å²) in [6.45, 7) is 5.90. The quantitative estimate of drug-likeness (QED) is 0.362. The summed E-state index contributed by atoms with van der Waals surface area (Å²) >= 11 is 1.66. The average Bonchev–Trinajstić information content (AvgIpc) is 3.70. The Bertz CT molecular complexity index is 1510. The van der Waals surface area contributed by atoms with E-state index < -0.39 is 28.1 Å². The molecule has 0 unspecified atom stereocenters. The number of alkyl halides is 3. The maximum atomic E-state index is 12.3. The van der Waals surface area contributed by atoms with Crippen molar-refractivity contribution in [2.75, 3.05) is 31.9 Å². The molecule has 0 saturated carbocycles. The largest absolute Gasteiger partial charge is 0.490 e. The van der Waals surface area contributed by atoms with Crippen molar-refractivity contribution in [3.8, 4) is 10.6 Å². The Morgan fingerprint density at radius 1 is 1.17 bits per heavy atom. The fourth-order valence-corrected chi connectivity index (χ4v) is 7.29. The molecule has 0 aliphatic carbocycles. The van der Waals surface area contributed by atoms with Gasteiger partial charge in [0.2, 0.25) is 10.0 Å². The molecule has 15 heteroatoms. The minimum Gasteiger partial charge on any atom is -0.475 e. The number of carboxylic acids is 1. The molecule has 41 heavy (non-hydrogen) atoms. The Hall–Kier alpha value is -3.01. The second-order valence-corrected chi connectivity index (χ2v) is 13.4. The van der Waals surface area contributed by atoms with Gasteiger partial charge in [0.1, 0.15) is 5.01 Å². The van der Waals surface area contributed by atoms with Crippen molar-refractivity contribution in [1.29, 1.82) is 0 Å². The molecule has 10 nitrogen and oxygen atoms in total. The fourth-order valence-electron chi connectivity index (χ4n) is 5.21. The van der Waals surface area contributed by atoms with Gasteiger partial charge in [-0.2, -0.15) is 13.2 Å². The average molecular weight is 616 g/mol. The molecule has 2 aliphatic heterocycles. The predicted octanol–water partition coefficient (Wildman–Crippen LogP) is 4.15. The van der Waals surface area contributed by atoms with Crippen molar-refractivity contribution in [3.05, 3.63) is 40.5 Å². The highest BCUT2D eigenvalue weighted by Crippen LogP contribution is 2.38. The number of carbonyl (C=O) groups excluding carboxylic acids is 1. The molecule has 2 aliphatic rings. The monoisotopic (exact) mass is 615 g/mol. The number of rotatable bonds is 7. The van der Waals surface area contributed by atoms with Gasteiger partial charge >= 0.3 is 12.1 Å². The molecular formula is C26H32F3N5O5S2. The Labute approximate surface area is 239 Å². The Balaban J connectivity index is 0.000000493. The fraction of sp³-hybridized carbons (Fsp3) is 0.500. The number of nitrogens with two attached hydrogens (primary N) is 1. The van der Waals surface area contributed by atoms with E-state index in [0.29, 0.717) is 18.7 Å². The number of halogens is 3. The maximum Gasteiger partial charge on any atom is 0.490 e. The summed E-state index contributed by atoms with van der Waals surface area (Å²) in [6.07, 6.45) is 2.82. The van der Waals surface area contributed by atoms with Crippen molar-refractivity contribution in [2.45, 2.75) is 51.2 Å². The molecule has 0 spiro atoms. The van der Waals surface area contributed by atoms with Crippen LogP contribution in [0.1, 0.15) is 59.3 Å². The summed E-state index contributed by atoms with van der Waals surface area (Å²) in [5.41, 5.74) is 8.96. The van der Waals surface area contributed by atoms with Gasteiger partial charge in [0.05, 0.1) is 16.8 Å². The number of likely N-dealkylation sites (tertiary alicyclic amines) is 1. The van der Waals surface area contributed by atoms with Crippen LogP contribution in [0.4, 0.5) is 13.2 Å². The van der Waals surface area contributed by atoms with E-state index in [1.807, 2.05) is 18.5 Å². The number of nitrogens with one attached hydrogen (secondary N) is 1. The number of carboxylic acid groups (broad SMARTS) is 1. The Morgan fingerprint density at radius 3 is 2.37 bits per heavy atom. The van der Waals surface area contributed by atoms with E-state index in [-0.39, 0.29) is 11.7 Å². The number of hydrogen-bond donors (Lipinski definition) is 3. The highest BCUT2D eigenvalue weighted by Gasteiger charge is 2.38. The number of fused-ring (bicyclic) bond motifs is 1. The molecule has 2 fully saturated rings. The lowest BCUT2D eigenvalue weighted by atomic mass is 9.89. The number of hydrogen-bond acceptors (Lipinski definition) is 7. The molecule has 0 radical (unpaired) electrons. The lowest BCUT2D eigenvalue weighted by molar-refractivity contribution is -0.192. The van der Waals surface area contributed by atoms with Gasteiger partial charge in [-0.05, 0) is 69.3 Å². The molecule has 1 amide bonds. The second-order valence-electron chi connectivity index (χ2n) is 10.0. The molecule has 3 aromatic rings. The Kier molecular flexibility index (Phi) is 9.41. The van der Waals surface area contributed by atoms with Gasteiger partial charge in [0.15, 0.2) is 0 Å². The van der Waals surface area contributed by atoms with Gasteiger partial charge in [-0.1, -0.05) is 0 Å². The number of aromatic amines is 1. The lowest BCUT2D eigenvalue weighted by Crippen LogP contribution is -2.38. The van der Waals surface area contributed by atoms with Gasteiger partial charge in [-0.25, -0.2) is 22.5 Å². The standard InChI is InChI=1S/C24H31N5O3S2.C2HF3O2/c1-2-34(31,32)29-9-5-16(6-10-29)21-14-26-22-19(21)11-17(12-20(22)23(25)30)24-27-13-18(33-24)15-28-7-3-4-8-28;3-2(4,5)1(6)7/h11-14,16,26H,2-10,15H2,1H3,(H2,25,30);(H,6,7). The number of piperidine rings is 1.